The van der Waals surface area contributed by atoms with Crippen molar-refractivity contribution in [3.63, 3.8) is 0 Å². The molecule has 0 aliphatic carbocycles. The van der Waals surface area contributed by atoms with Crippen molar-refractivity contribution < 1.29 is 24.1 Å². The molecular formula is C55H54N6O5. The fourth-order valence-corrected chi connectivity index (χ4v) is 10.1. The van der Waals surface area contributed by atoms with E-state index in [9.17, 15) is 5.11 Å². The molecule has 2 aliphatic heterocycles. The standard InChI is InChI=1S/C55H54N6O5/c1-63-45-30-26-41(27-31-45)54(39-18-8-3-9-19-39,40-20-10-4-11-21-40)59-51-48-52(57-37-56-51)61(38-58-48)53-49(60-34-16-7-17-35-60)50(62)47(66-53)36-65-55(42-22-12-5-13-23-42,43-24-14-6-15-25-43)44-28-32-46(64-2)33-29-44/h3-6,8-15,18-33,37-38,47,49-50,53,62H,7,16-17,34-36H2,1-2H3,(H,56,57,59). The number of piperidine rings is 1. The van der Waals surface area contributed by atoms with Crippen molar-refractivity contribution in [2.24, 2.45) is 0 Å². The molecule has 10 rings (SSSR count). The van der Waals surface area contributed by atoms with Crippen LogP contribution in [0.15, 0.2) is 183 Å². The van der Waals surface area contributed by atoms with Crippen LogP contribution in [-0.4, -0.2) is 81.7 Å². The van der Waals surface area contributed by atoms with Crippen LogP contribution in [0.1, 0.15) is 58.9 Å². The van der Waals surface area contributed by atoms with E-state index in [1.165, 1.54) is 0 Å². The van der Waals surface area contributed by atoms with Gasteiger partial charge < -0.3 is 29.4 Å². The molecule has 2 aliphatic rings. The van der Waals surface area contributed by atoms with Crippen LogP contribution in [0.2, 0.25) is 0 Å². The Labute approximate surface area is 385 Å². The van der Waals surface area contributed by atoms with E-state index in [0.29, 0.717) is 17.0 Å². The maximum atomic E-state index is 12.6. The van der Waals surface area contributed by atoms with Crippen molar-refractivity contribution >= 4 is 17.0 Å². The van der Waals surface area contributed by atoms with Gasteiger partial charge in [0.2, 0.25) is 0 Å². The van der Waals surface area contributed by atoms with Crippen LogP contribution in [0, 0.1) is 0 Å². The topological polar surface area (TPSA) is 116 Å². The van der Waals surface area contributed by atoms with Gasteiger partial charge in [0.25, 0.3) is 0 Å². The molecule has 8 aromatic rings. The number of ether oxygens (including phenoxy) is 4. The predicted octanol–water partition coefficient (Wildman–Crippen LogP) is 9.37. The lowest BCUT2D eigenvalue weighted by molar-refractivity contribution is -0.0937. The molecule has 6 aromatic carbocycles. The molecule has 0 amide bonds. The van der Waals surface area contributed by atoms with Gasteiger partial charge in [0.1, 0.15) is 41.2 Å². The van der Waals surface area contributed by atoms with Gasteiger partial charge in [0, 0.05) is 0 Å². The molecular weight excluding hydrogens is 825 g/mol. The zero-order valence-electron chi connectivity index (χ0n) is 37.2. The number of rotatable bonds is 15. The van der Waals surface area contributed by atoms with Crippen LogP contribution in [-0.2, 0) is 20.6 Å². The first-order valence-corrected chi connectivity index (χ1v) is 22.7. The van der Waals surface area contributed by atoms with Gasteiger partial charge in [0.05, 0.1) is 33.2 Å². The summed E-state index contributed by atoms with van der Waals surface area (Å²) in [6, 6.07) is 56.9. The third-order valence-electron chi connectivity index (χ3n) is 13.3. The van der Waals surface area contributed by atoms with Crippen LogP contribution in [0.5, 0.6) is 11.5 Å². The highest BCUT2D eigenvalue weighted by molar-refractivity contribution is 5.84. The molecule has 11 nitrogen and oxygen atoms in total. The van der Waals surface area contributed by atoms with Crippen LogP contribution < -0.4 is 14.8 Å². The molecule has 0 bridgehead atoms. The van der Waals surface area contributed by atoms with Crippen molar-refractivity contribution in [1.82, 2.24) is 24.4 Å². The smallest absolute Gasteiger partial charge is 0.167 e. The normalized spacial score (nSPS) is 19.1. The van der Waals surface area contributed by atoms with E-state index in [-0.39, 0.29) is 6.61 Å². The Kier molecular flexibility index (Phi) is 12.3. The average molecular weight is 879 g/mol. The summed E-state index contributed by atoms with van der Waals surface area (Å²) in [5.41, 5.74) is 5.05. The molecule has 11 heteroatoms. The minimum Gasteiger partial charge on any atom is -0.497 e. The maximum absolute atomic E-state index is 12.6. The van der Waals surface area contributed by atoms with Gasteiger partial charge in [-0.2, -0.15) is 0 Å². The summed E-state index contributed by atoms with van der Waals surface area (Å²) in [4.78, 5) is 17.2. The summed E-state index contributed by atoms with van der Waals surface area (Å²) in [5, 5.41) is 16.5. The summed E-state index contributed by atoms with van der Waals surface area (Å²) >= 11 is 0. The second-order valence-electron chi connectivity index (χ2n) is 17.0. The van der Waals surface area contributed by atoms with Crippen molar-refractivity contribution in [2.75, 3.05) is 39.2 Å². The van der Waals surface area contributed by atoms with Crippen LogP contribution in [0.4, 0.5) is 5.82 Å². The first kappa shape index (κ1) is 43.0. The number of benzene rings is 6. The molecule has 4 heterocycles. The summed E-state index contributed by atoms with van der Waals surface area (Å²) in [6.45, 7) is 1.77. The summed E-state index contributed by atoms with van der Waals surface area (Å²) in [7, 11) is 3.34. The lowest BCUT2D eigenvalue weighted by Gasteiger charge is -2.37. The number of nitrogens with one attached hydrogen (secondary N) is 1. The summed E-state index contributed by atoms with van der Waals surface area (Å²) in [6.07, 6.45) is 4.31. The number of aliphatic hydroxyl groups excluding tert-OH is 1. The molecule has 0 spiro atoms. The van der Waals surface area contributed by atoms with Crippen LogP contribution >= 0.6 is 0 Å². The first-order valence-electron chi connectivity index (χ1n) is 22.7. The first-order chi connectivity index (χ1) is 32.5. The fourth-order valence-electron chi connectivity index (χ4n) is 10.1. The van der Waals surface area contributed by atoms with Crippen molar-refractivity contribution in [1.29, 1.82) is 0 Å². The number of methoxy groups -OCH3 is 2. The highest BCUT2D eigenvalue weighted by Crippen LogP contribution is 2.45. The largest absolute Gasteiger partial charge is 0.497 e. The molecule has 4 unspecified atom stereocenters. The maximum Gasteiger partial charge on any atom is 0.167 e. The number of aromatic nitrogens is 4. The molecule has 2 aromatic heterocycles. The fraction of sp³-hybridized carbons (Fsp3) is 0.255. The van der Waals surface area contributed by atoms with E-state index < -0.39 is 35.6 Å². The zero-order chi connectivity index (χ0) is 44.9. The number of nitrogens with zero attached hydrogens (tertiary/aromatic N) is 5. The van der Waals surface area contributed by atoms with E-state index in [4.69, 9.17) is 33.9 Å². The monoisotopic (exact) mass is 878 g/mol. The van der Waals surface area contributed by atoms with E-state index in [2.05, 4.69) is 70.9 Å². The number of anilines is 1. The molecule has 4 atom stereocenters. The number of fused-ring (bicyclic) bond motifs is 1. The molecule has 2 fully saturated rings. The molecule has 2 saturated heterocycles. The van der Waals surface area contributed by atoms with Gasteiger partial charge >= 0.3 is 0 Å². The van der Waals surface area contributed by atoms with E-state index in [1.54, 1.807) is 26.9 Å². The Balaban J connectivity index is 1.05. The highest BCUT2D eigenvalue weighted by Gasteiger charge is 2.50. The van der Waals surface area contributed by atoms with Crippen LogP contribution in [0.3, 0.4) is 0 Å². The van der Waals surface area contributed by atoms with Gasteiger partial charge in [-0.25, -0.2) is 15.0 Å². The quantitative estimate of drug-likeness (QED) is 0.0966. The van der Waals surface area contributed by atoms with Gasteiger partial charge in [-0.3, -0.25) is 9.47 Å². The minimum atomic E-state index is -1.04. The molecule has 334 valence electrons. The predicted molar refractivity (Wildman–Crippen MR) is 256 cm³/mol. The number of aliphatic hydroxyl groups is 1. The van der Waals surface area contributed by atoms with Gasteiger partial charge in [-0.15, -0.1) is 0 Å². The molecule has 0 radical (unpaired) electrons. The second-order valence-corrected chi connectivity index (χ2v) is 17.0. The van der Waals surface area contributed by atoms with Crippen molar-refractivity contribution in [3.8, 4) is 11.5 Å². The van der Waals surface area contributed by atoms with Crippen molar-refractivity contribution in [2.45, 2.75) is 54.9 Å². The number of likely N-dealkylation sites (tertiary alicyclic amines) is 1. The van der Waals surface area contributed by atoms with E-state index in [0.717, 1.165) is 77.2 Å². The highest BCUT2D eigenvalue weighted by atomic mass is 16.6. The van der Waals surface area contributed by atoms with Crippen molar-refractivity contribution in [3.05, 3.63) is 216 Å². The number of hydrogen-bond acceptors (Lipinski definition) is 10. The minimum absolute atomic E-state index is 0.0881. The molecule has 2 N–H and O–H groups in total. The Morgan fingerprint density at radius 1 is 0.606 bits per heavy atom. The van der Waals surface area contributed by atoms with E-state index >= 15 is 0 Å². The Hall–Kier alpha value is -6.89. The lowest BCUT2D eigenvalue weighted by Crippen LogP contribution is -2.49. The summed E-state index contributed by atoms with van der Waals surface area (Å²) < 4.78 is 27.5. The third kappa shape index (κ3) is 7.87. The summed E-state index contributed by atoms with van der Waals surface area (Å²) in [5.74, 6) is 2.05. The Morgan fingerprint density at radius 2 is 1.09 bits per heavy atom. The second kappa shape index (κ2) is 18.9. The number of imidazole rings is 1. The third-order valence-corrected chi connectivity index (χ3v) is 13.3. The van der Waals surface area contributed by atoms with Crippen LogP contribution in [0.25, 0.3) is 11.2 Å². The SMILES string of the molecule is COc1ccc(C(Nc2ncnc3c2ncn3C2OC(COC(c3ccccc3)(c3ccccc3)c3ccc(OC)cc3)C(O)C2N2CCCCC2)(c2ccccc2)c2ccccc2)cc1. The Bertz CT molecular complexity index is 2730. The lowest BCUT2D eigenvalue weighted by atomic mass is 9.77. The molecule has 0 saturated carbocycles. The zero-order valence-corrected chi connectivity index (χ0v) is 37.2. The average Bonchev–Trinajstić information content (AvgIpc) is 3.98. The molecule has 66 heavy (non-hydrogen) atoms. The Morgan fingerprint density at radius 3 is 1.62 bits per heavy atom. The van der Waals surface area contributed by atoms with Gasteiger partial charge in [-0.05, 0) is 83.6 Å². The van der Waals surface area contributed by atoms with Gasteiger partial charge in [0.15, 0.2) is 23.2 Å². The van der Waals surface area contributed by atoms with E-state index in [1.807, 2.05) is 114 Å². The number of hydrogen-bond donors (Lipinski definition) is 2. The van der Waals surface area contributed by atoms with Gasteiger partial charge in [-0.1, -0.05) is 152 Å².